The van der Waals surface area contributed by atoms with Gasteiger partial charge in [-0.2, -0.15) is 0 Å². The van der Waals surface area contributed by atoms with E-state index in [2.05, 4.69) is 25.5 Å². The lowest BCUT2D eigenvalue weighted by atomic mass is 10.0. The van der Waals surface area contributed by atoms with Gasteiger partial charge in [-0.3, -0.25) is 4.79 Å². The predicted octanol–water partition coefficient (Wildman–Crippen LogP) is 5.60. The molecule has 0 spiro atoms. The lowest BCUT2D eigenvalue weighted by molar-refractivity contribution is 0.0641. The maximum atomic E-state index is 12.8. The molecule has 37 heavy (non-hydrogen) atoms. The fourth-order valence-electron chi connectivity index (χ4n) is 3.86. The van der Waals surface area contributed by atoms with Gasteiger partial charge in [0.1, 0.15) is 17.4 Å². The molecular weight excluding hydrogens is 490 g/mol. The molecule has 1 amide bonds. The zero-order chi connectivity index (χ0) is 26.4. The van der Waals surface area contributed by atoms with Gasteiger partial charge in [0.15, 0.2) is 0 Å². The lowest BCUT2D eigenvalue weighted by Crippen LogP contribution is -2.19. The van der Waals surface area contributed by atoms with Crippen molar-refractivity contribution >= 4 is 23.3 Å². The molecule has 0 saturated carbocycles. The monoisotopic (exact) mass is 519 g/mol. The molecule has 192 valence electrons. The van der Waals surface area contributed by atoms with Crippen molar-refractivity contribution in [2.24, 2.45) is 0 Å². The molecule has 0 radical (unpaired) electrons. The van der Waals surface area contributed by atoms with Crippen LogP contribution in [0.25, 0.3) is 11.1 Å². The van der Waals surface area contributed by atoms with E-state index in [1.165, 1.54) is 0 Å². The van der Waals surface area contributed by atoms with Crippen LogP contribution in [0.15, 0.2) is 60.8 Å². The number of carbonyl (C=O) groups excluding carboxylic acids is 1. The predicted molar refractivity (Wildman–Crippen MR) is 144 cm³/mol. The van der Waals surface area contributed by atoms with Gasteiger partial charge in [-0.1, -0.05) is 29.8 Å². The molecule has 8 nitrogen and oxygen atoms in total. The van der Waals surface area contributed by atoms with Gasteiger partial charge in [0.2, 0.25) is 5.82 Å². The number of hydrogen-bond donors (Lipinski definition) is 3. The molecule has 0 aliphatic rings. The number of H-pyrrole nitrogens is 1. The van der Waals surface area contributed by atoms with Crippen molar-refractivity contribution in [3.63, 3.8) is 0 Å². The van der Waals surface area contributed by atoms with E-state index in [1.54, 1.807) is 26.1 Å². The fraction of sp³-hybridized carbons (Fsp3) is 0.286. The molecule has 2 aromatic heterocycles. The van der Waals surface area contributed by atoms with Crippen molar-refractivity contribution < 1.29 is 14.6 Å². The molecule has 2 heterocycles. The van der Waals surface area contributed by atoms with Crippen LogP contribution in [0.1, 0.15) is 54.3 Å². The zero-order valence-electron chi connectivity index (χ0n) is 21.1. The van der Waals surface area contributed by atoms with Crippen molar-refractivity contribution in [3.05, 3.63) is 88.6 Å². The third-order valence-electron chi connectivity index (χ3n) is 5.73. The molecule has 0 aliphatic heterocycles. The number of aromatic amines is 1. The maximum Gasteiger partial charge on any atom is 0.294 e. The smallest absolute Gasteiger partial charge is 0.294 e. The average Bonchev–Trinajstić information content (AvgIpc) is 3.31. The summed E-state index contributed by atoms with van der Waals surface area (Å²) in [6.07, 6.45) is 3.53. The number of pyridine rings is 1. The van der Waals surface area contributed by atoms with E-state index in [4.69, 9.17) is 16.3 Å². The first-order chi connectivity index (χ1) is 17.7. The zero-order valence-corrected chi connectivity index (χ0v) is 21.8. The number of amides is 1. The van der Waals surface area contributed by atoms with Gasteiger partial charge < -0.3 is 20.1 Å². The van der Waals surface area contributed by atoms with Crippen LogP contribution in [-0.2, 0) is 6.42 Å². The normalized spacial score (nSPS) is 11.4. The number of benzene rings is 2. The Kier molecular flexibility index (Phi) is 8.21. The van der Waals surface area contributed by atoms with E-state index in [0.717, 1.165) is 34.4 Å². The van der Waals surface area contributed by atoms with Gasteiger partial charge in [-0.15, -0.1) is 10.2 Å². The summed E-state index contributed by atoms with van der Waals surface area (Å²) in [5, 5.41) is 21.3. The number of halogens is 1. The Morgan fingerprint density at radius 3 is 2.76 bits per heavy atom. The van der Waals surface area contributed by atoms with Crippen LogP contribution in [0.3, 0.4) is 0 Å². The number of ether oxygens (including phenoxy) is 1. The minimum atomic E-state index is -0.705. The number of aliphatic hydroxyl groups is 1. The molecule has 0 atom stereocenters. The number of hydrogen-bond acceptors (Lipinski definition) is 6. The number of aromatic nitrogens is 4. The van der Waals surface area contributed by atoms with Gasteiger partial charge >= 0.3 is 0 Å². The molecule has 0 fully saturated rings. The van der Waals surface area contributed by atoms with Gasteiger partial charge in [0.05, 0.1) is 12.2 Å². The van der Waals surface area contributed by atoms with Crippen molar-refractivity contribution in [3.8, 4) is 16.9 Å². The quantitative estimate of drug-likeness (QED) is 0.235. The van der Waals surface area contributed by atoms with E-state index in [9.17, 15) is 9.90 Å². The summed E-state index contributed by atoms with van der Waals surface area (Å²) < 4.78 is 5.90. The van der Waals surface area contributed by atoms with Crippen LogP contribution < -0.4 is 10.1 Å². The second-order valence-corrected chi connectivity index (χ2v) is 9.99. The highest BCUT2D eigenvalue weighted by Crippen LogP contribution is 2.29. The third-order valence-corrected chi connectivity index (χ3v) is 5.97. The van der Waals surface area contributed by atoms with Crippen LogP contribution in [0.5, 0.6) is 5.75 Å². The van der Waals surface area contributed by atoms with Gasteiger partial charge in [0, 0.05) is 17.6 Å². The number of nitrogens with one attached hydrogen (secondary N) is 2. The minimum Gasteiger partial charge on any atom is -0.494 e. The largest absolute Gasteiger partial charge is 0.494 e. The Morgan fingerprint density at radius 1 is 1.14 bits per heavy atom. The number of aryl methyl sites for hydroxylation is 1. The minimum absolute atomic E-state index is 0.0989. The molecule has 4 rings (SSSR count). The molecule has 2 aromatic carbocycles. The van der Waals surface area contributed by atoms with Gasteiger partial charge in [-0.25, -0.2) is 4.98 Å². The van der Waals surface area contributed by atoms with Crippen LogP contribution in [0.4, 0.5) is 5.82 Å². The van der Waals surface area contributed by atoms with E-state index in [0.29, 0.717) is 36.1 Å². The summed E-state index contributed by atoms with van der Waals surface area (Å²) in [5.41, 5.74) is 3.19. The molecule has 0 unspecified atom stereocenters. The van der Waals surface area contributed by atoms with Crippen molar-refractivity contribution in [2.75, 3.05) is 11.9 Å². The third kappa shape index (κ3) is 7.62. The number of nitrogens with zero attached hydrogens (tertiary/aromatic N) is 3. The van der Waals surface area contributed by atoms with Crippen LogP contribution in [0.2, 0.25) is 5.02 Å². The fourth-order valence-corrected chi connectivity index (χ4v) is 4.07. The van der Waals surface area contributed by atoms with Gasteiger partial charge in [-0.05, 0) is 92.3 Å². The SMILES string of the molecule is Cc1ccc(OCCCC(C)(C)O)cc1-c1ccnc(NC(=O)c2nnc(Cc3cccc(Cl)c3)[nH]2)c1. The molecule has 0 aliphatic carbocycles. The summed E-state index contributed by atoms with van der Waals surface area (Å²) in [4.78, 5) is 20.0. The number of carbonyl (C=O) groups is 1. The van der Waals surface area contributed by atoms with E-state index >= 15 is 0 Å². The topological polar surface area (TPSA) is 113 Å². The average molecular weight is 520 g/mol. The Bertz CT molecular complexity index is 1380. The molecule has 0 bridgehead atoms. The summed E-state index contributed by atoms with van der Waals surface area (Å²) in [6.45, 7) is 6.11. The van der Waals surface area contributed by atoms with Crippen molar-refractivity contribution in [1.82, 2.24) is 20.2 Å². The molecular formula is C28H30ClN5O3. The first-order valence-electron chi connectivity index (χ1n) is 12.1. The molecule has 9 heteroatoms. The molecule has 3 N–H and O–H groups in total. The first kappa shape index (κ1) is 26.3. The number of rotatable bonds is 10. The summed E-state index contributed by atoms with van der Waals surface area (Å²) in [5.74, 6) is 1.36. The Balaban J connectivity index is 1.42. The van der Waals surface area contributed by atoms with Crippen LogP contribution in [-0.4, -0.2) is 43.4 Å². The second-order valence-electron chi connectivity index (χ2n) is 9.55. The van der Waals surface area contributed by atoms with Crippen molar-refractivity contribution in [2.45, 2.75) is 45.6 Å². The van der Waals surface area contributed by atoms with Gasteiger partial charge in [0.25, 0.3) is 5.91 Å². The maximum absolute atomic E-state index is 12.8. The Hall–Kier alpha value is -3.75. The Labute approximate surface area is 221 Å². The summed E-state index contributed by atoms with van der Waals surface area (Å²) in [7, 11) is 0. The van der Waals surface area contributed by atoms with Crippen molar-refractivity contribution in [1.29, 1.82) is 0 Å². The first-order valence-corrected chi connectivity index (χ1v) is 12.4. The number of anilines is 1. The van der Waals surface area contributed by atoms with Crippen LogP contribution >= 0.6 is 11.6 Å². The summed E-state index contributed by atoms with van der Waals surface area (Å²) in [6, 6.07) is 17.0. The van der Waals surface area contributed by atoms with E-state index in [-0.39, 0.29) is 5.82 Å². The second kappa shape index (κ2) is 11.5. The van der Waals surface area contributed by atoms with Crippen LogP contribution in [0, 0.1) is 6.92 Å². The van der Waals surface area contributed by atoms with E-state index in [1.807, 2.05) is 55.5 Å². The standard InChI is InChI=1S/C28H30ClN5O3/c1-18-8-9-22(37-13-5-11-28(2,3)36)17-23(18)20-10-12-30-24(16-20)32-27(35)26-31-25(33-34-26)15-19-6-4-7-21(29)14-19/h4,6-10,12,14,16-17,36H,5,11,13,15H2,1-3H3,(H,30,32,35)(H,31,33,34). The highest BCUT2D eigenvalue weighted by atomic mass is 35.5. The molecule has 4 aromatic rings. The highest BCUT2D eigenvalue weighted by Gasteiger charge is 2.15. The van der Waals surface area contributed by atoms with E-state index < -0.39 is 11.5 Å². The molecule has 0 saturated heterocycles. The summed E-state index contributed by atoms with van der Waals surface area (Å²) >= 11 is 6.04. The lowest BCUT2D eigenvalue weighted by Gasteiger charge is -2.17. The Morgan fingerprint density at radius 2 is 1.97 bits per heavy atom. The highest BCUT2D eigenvalue weighted by molar-refractivity contribution is 6.30.